The van der Waals surface area contributed by atoms with Gasteiger partial charge in [-0.3, -0.25) is 0 Å². The van der Waals surface area contributed by atoms with Crippen LogP contribution in [-0.4, -0.2) is 12.1 Å². The zero-order valence-electron chi connectivity index (χ0n) is 12.2. The van der Waals surface area contributed by atoms with Gasteiger partial charge in [-0.05, 0) is 37.0 Å². The van der Waals surface area contributed by atoms with E-state index in [2.05, 4.69) is 38.3 Å². The van der Waals surface area contributed by atoms with Crippen molar-refractivity contribution in [2.24, 2.45) is 11.7 Å². The molecule has 0 spiro atoms. The monoisotopic (exact) mass is 263 g/mol. The van der Waals surface area contributed by atoms with Gasteiger partial charge in [0.2, 0.25) is 0 Å². The van der Waals surface area contributed by atoms with Crippen molar-refractivity contribution in [2.45, 2.75) is 46.2 Å². The van der Waals surface area contributed by atoms with E-state index in [1.807, 2.05) is 24.3 Å². The summed E-state index contributed by atoms with van der Waals surface area (Å²) in [6, 6.07) is 8.02. The van der Waals surface area contributed by atoms with Crippen LogP contribution in [0, 0.1) is 5.92 Å². The second-order valence-corrected chi connectivity index (χ2v) is 5.26. The lowest BCUT2D eigenvalue weighted by Crippen LogP contribution is -2.35. The third-order valence-electron chi connectivity index (χ3n) is 3.39. The number of anilines is 1. The topological polar surface area (TPSA) is 67.2 Å². The van der Waals surface area contributed by atoms with Crippen molar-refractivity contribution in [3.8, 4) is 0 Å². The van der Waals surface area contributed by atoms with Crippen LogP contribution in [0.15, 0.2) is 24.3 Å². The first kappa shape index (κ1) is 15.5. The Morgan fingerprint density at radius 3 is 2.21 bits per heavy atom. The molecule has 0 saturated heterocycles. The maximum Gasteiger partial charge on any atom is 0.316 e. The number of carbonyl (C=O) groups excluding carboxylic acids is 1. The van der Waals surface area contributed by atoms with E-state index in [4.69, 9.17) is 5.73 Å². The van der Waals surface area contributed by atoms with Crippen molar-refractivity contribution in [3.05, 3.63) is 29.8 Å². The van der Waals surface area contributed by atoms with Crippen molar-refractivity contribution in [2.75, 3.05) is 5.32 Å². The average molecular weight is 263 g/mol. The third kappa shape index (κ3) is 4.91. The number of nitrogens with two attached hydrogens (primary N) is 1. The number of rotatable bonds is 6. The van der Waals surface area contributed by atoms with Crippen molar-refractivity contribution < 1.29 is 4.79 Å². The summed E-state index contributed by atoms with van der Waals surface area (Å²) in [4.78, 5) is 10.7. The minimum absolute atomic E-state index is 0.287. The van der Waals surface area contributed by atoms with E-state index in [9.17, 15) is 4.79 Å². The van der Waals surface area contributed by atoms with E-state index in [0.717, 1.165) is 12.1 Å². The maximum atomic E-state index is 10.7. The Morgan fingerprint density at radius 2 is 1.79 bits per heavy atom. The Balaban J connectivity index is 2.66. The van der Waals surface area contributed by atoms with E-state index >= 15 is 0 Å². The molecule has 4 N–H and O–H groups in total. The van der Waals surface area contributed by atoms with Gasteiger partial charge < -0.3 is 16.4 Å². The van der Waals surface area contributed by atoms with Gasteiger partial charge in [0.1, 0.15) is 0 Å². The van der Waals surface area contributed by atoms with Crippen molar-refractivity contribution in [3.63, 3.8) is 0 Å². The Bertz CT molecular complexity index is 400. The quantitative estimate of drug-likeness (QED) is 0.737. The molecule has 2 amide bonds. The normalized spacial score (nSPS) is 14.2. The summed E-state index contributed by atoms with van der Waals surface area (Å²) in [5.41, 5.74) is 7.00. The van der Waals surface area contributed by atoms with Crippen LogP contribution in [0.25, 0.3) is 0 Å². The number of primary amides is 1. The van der Waals surface area contributed by atoms with E-state index in [0.29, 0.717) is 12.0 Å². The van der Waals surface area contributed by atoms with E-state index in [1.165, 1.54) is 5.56 Å². The van der Waals surface area contributed by atoms with Crippen LogP contribution in [-0.2, 0) is 0 Å². The summed E-state index contributed by atoms with van der Waals surface area (Å²) in [7, 11) is 0. The van der Waals surface area contributed by atoms with Gasteiger partial charge in [0, 0.05) is 17.8 Å². The highest BCUT2D eigenvalue weighted by Gasteiger charge is 2.14. The molecule has 0 bridgehead atoms. The molecule has 19 heavy (non-hydrogen) atoms. The second-order valence-electron chi connectivity index (χ2n) is 5.26. The first-order chi connectivity index (χ1) is 8.93. The minimum atomic E-state index is -0.537. The molecule has 0 aliphatic heterocycles. The number of hydrogen-bond acceptors (Lipinski definition) is 2. The summed E-state index contributed by atoms with van der Waals surface area (Å²) in [5.74, 6) is 0.614. The fourth-order valence-electron chi connectivity index (χ4n) is 2.20. The third-order valence-corrected chi connectivity index (χ3v) is 3.39. The molecule has 4 nitrogen and oxygen atoms in total. The Kier molecular flexibility index (Phi) is 5.83. The van der Waals surface area contributed by atoms with Gasteiger partial charge in [0.15, 0.2) is 0 Å². The molecule has 106 valence electrons. The average Bonchev–Trinajstić information content (AvgIpc) is 2.35. The molecular weight excluding hydrogens is 238 g/mol. The van der Waals surface area contributed by atoms with Crippen molar-refractivity contribution in [1.82, 2.24) is 5.32 Å². The molecule has 0 aromatic heterocycles. The predicted molar refractivity (Wildman–Crippen MR) is 80.1 cm³/mol. The number of carbonyl (C=O) groups is 1. The van der Waals surface area contributed by atoms with Crippen LogP contribution in [0.1, 0.15) is 45.7 Å². The highest BCUT2D eigenvalue weighted by molar-refractivity contribution is 5.87. The predicted octanol–water partition coefficient (Wildman–Crippen LogP) is 3.26. The first-order valence-corrected chi connectivity index (χ1v) is 6.86. The van der Waals surface area contributed by atoms with E-state index in [1.54, 1.807) is 0 Å². The van der Waals surface area contributed by atoms with Crippen LogP contribution < -0.4 is 16.4 Å². The summed E-state index contributed by atoms with van der Waals surface area (Å²) in [6.45, 7) is 8.81. The molecule has 0 heterocycles. The van der Waals surface area contributed by atoms with Gasteiger partial charge >= 0.3 is 6.03 Å². The Labute approximate surface area is 115 Å². The Hall–Kier alpha value is -1.55. The number of amides is 2. The minimum Gasteiger partial charge on any atom is -0.351 e. The summed E-state index contributed by atoms with van der Waals surface area (Å²) in [6.07, 6.45) is 1.11. The lowest BCUT2D eigenvalue weighted by Gasteiger charge is -2.25. The molecule has 2 unspecified atom stereocenters. The van der Waals surface area contributed by atoms with Gasteiger partial charge in [-0.2, -0.15) is 0 Å². The van der Waals surface area contributed by atoms with Crippen LogP contribution in [0.4, 0.5) is 10.5 Å². The summed E-state index contributed by atoms with van der Waals surface area (Å²) < 4.78 is 0. The van der Waals surface area contributed by atoms with Gasteiger partial charge in [0.05, 0.1) is 0 Å². The van der Waals surface area contributed by atoms with Crippen LogP contribution in [0.2, 0.25) is 0 Å². The van der Waals surface area contributed by atoms with Crippen LogP contribution >= 0.6 is 0 Å². The molecule has 0 aliphatic carbocycles. The van der Waals surface area contributed by atoms with Crippen LogP contribution in [0.3, 0.4) is 0 Å². The smallest absolute Gasteiger partial charge is 0.316 e. The van der Waals surface area contributed by atoms with Crippen molar-refractivity contribution >= 4 is 11.7 Å². The maximum absolute atomic E-state index is 10.7. The number of nitrogens with one attached hydrogen (secondary N) is 2. The molecular formula is C15H25N3O. The molecule has 0 saturated carbocycles. The van der Waals surface area contributed by atoms with Gasteiger partial charge in [-0.25, -0.2) is 4.79 Å². The van der Waals surface area contributed by atoms with Crippen molar-refractivity contribution in [1.29, 1.82) is 0 Å². The first-order valence-electron chi connectivity index (χ1n) is 6.86. The standard InChI is InChI=1S/C15H25N3O/c1-5-14(10(2)3)17-11(4)12-6-8-13(9-7-12)18-15(16)19/h6-11,14,17H,5H2,1-4H3,(H3,16,18,19). The van der Waals surface area contributed by atoms with Gasteiger partial charge in [0.25, 0.3) is 0 Å². The molecule has 0 radical (unpaired) electrons. The number of urea groups is 1. The lowest BCUT2D eigenvalue weighted by atomic mass is 9.99. The SMILES string of the molecule is CCC(NC(C)c1ccc(NC(N)=O)cc1)C(C)C. The van der Waals surface area contributed by atoms with E-state index < -0.39 is 6.03 Å². The molecule has 1 aromatic rings. The zero-order chi connectivity index (χ0) is 14.4. The highest BCUT2D eigenvalue weighted by Crippen LogP contribution is 2.18. The molecule has 1 aromatic carbocycles. The van der Waals surface area contributed by atoms with Gasteiger partial charge in [-0.1, -0.05) is 32.9 Å². The van der Waals surface area contributed by atoms with Crippen LogP contribution in [0.5, 0.6) is 0 Å². The largest absolute Gasteiger partial charge is 0.351 e. The molecule has 2 atom stereocenters. The lowest BCUT2D eigenvalue weighted by molar-refractivity contribution is 0.259. The second kappa shape index (κ2) is 7.14. The molecule has 0 fully saturated rings. The molecule has 0 aliphatic rings. The number of hydrogen-bond donors (Lipinski definition) is 3. The Morgan fingerprint density at radius 1 is 1.21 bits per heavy atom. The van der Waals surface area contributed by atoms with Gasteiger partial charge in [-0.15, -0.1) is 0 Å². The highest BCUT2D eigenvalue weighted by atomic mass is 16.2. The summed E-state index contributed by atoms with van der Waals surface area (Å²) >= 11 is 0. The fraction of sp³-hybridized carbons (Fsp3) is 0.533. The molecule has 4 heteroatoms. The molecule has 1 rings (SSSR count). The number of benzene rings is 1. The van der Waals surface area contributed by atoms with E-state index in [-0.39, 0.29) is 6.04 Å². The summed E-state index contributed by atoms with van der Waals surface area (Å²) in [5, 5.41) is 6.19. The fourth-order valence-corrected chi connectivity index (χ4v) is 2.20. The zero-order valence-corrected chi connectivity index (χ0v) is 12.2.